The van der Waals surface area contributed by atoms with Crippen molar-refractivity contribution in [2.45, 2.75) is 26.1 Å². The third-order valence-electron chi connectivity index (χ3n) is 5.20. The van der Waals surface area contributed by atoms with Crippen LogP contribution in [-0.4, -0.2) is 56.6 Å². The summed E-state index contributed by atoms with van der Waals surface area (Å²) in [5.41, 5.74) is 3.85. The molecule has 2 aromatic rings. The maximum absolute atomic E-state index is 5.95. The predicted octanol–water partition coefficient (Wildman–Crippen LogP) is 3.98. The quantitative estimate of drug-likeness (QED) is 0.324. The summed E-state index contributed by atoms with van der Waals surface area (Å²) < 4.78 is 5.95. The van der Waals surface area contributed by atoms with Gasteiger partial charge in [0.25, 0.3) is 0 Å². The molecule has 6 heteroatoms. The highest BCUT2D eigenvalue weighted by atomic mass is 127. The van der Waals surface area contributed by atoms with E-state index in [0.29, 0.717) is 12.5 Å². The fourth-order valence-corrected chi connectivity index (χ4v) is 3.80. The van der Waals surface area contributed by atoms with E-state index in [1.165, 1.54) is 16.7 Å². The van der Waals surface area contributed by atoms with Crippen LogP contribution >= 0.6 is 24.0 Å². The summed E-state index contributed by atoms with van der Waals surface area (Å²) in [7, 11) is 6.06. The summed E-state index contributed by atoms with van der Waals surface area (Å²) >= 11 is 0. The van der Waals surface area contributed by atoms with Crippen LogP contribution in [0.2, 0.25) is 0 Å². The zero-order valence-electron chi connectivity index (χ0n) is 18.4. The zero-order chi connectivity index (χ0) is 20.5. The smallest absolute Gasteiger partial charge is 0.193 e. The van der Waals surface area contributed by atoms with Crippen molar-refractivity contribution in [2.24, 2.45) is 10.9 Å². The van der Waals surface area contributed by atoms with Crippen LogP contribution in [0, 0.1) is 5.92 Å². The van der Waals surface area contributed by atoms with Crippen molar-refractivity contribution in [1.29, 1.82) is 0 Å². The second-order valence-electron chi connectivity index (χ2n) is 8.06. The summed E-state index contributed by atoms with van der Waals surface area (Å²) in [4.78, 5) is 9.04. The van der Waals surface area contributed by atoms with Crippen molar-refractivity contribution < 1.29 is 4.74 Å². The molecule has 1 aliphatic rings. The Hall–Kier alpha value is -1.64. The largest absolute Gasteiger partial charge is 0.376 e. The third kappa shape index (κ3) is 7.89. The molecule has 0 saturated carbocycles. The van der Waals surface area contributed by atoms with Crippen LogP contribution in [0.5, 0.6) is 0 Å². The van der Waals surface area contributed by atoms with E-state index >= 15 is 0 Å². The monoisotopic (exact) mass is 522 g/mol. The van der Waals surface area contributed by atoms with Crippen molar-refractivity contribution in [2.75, 3.05) is 40.8 Å². The molecule has 5 nitrogen and oxygen atoms in total. The molecule has 0 bridgehead atoms. The van der Waals surface area contributed by atoms with Gasteiger partial charge in [-0.2, -0.15) is 0 Å². The minimum Gasteiger partial charge on any atom is -0.376 e. The summed E-state index contributed by atoms with van der Waals surface area (Å²) in [5.74, 6) is 1.54. The SMILES string of the molecule is CN=C(NCc1cccc(CN(C)C)c1)N1CCC(COCc2ccccc2)C1.I. The molecule has 2 aromatic carbocycles. The van der Waals surface area contributed by atoms with Gasteiger partial charge in [0, 0.05) is 39.1 Å². The first kappa shape index (κ1) is 24.6. The Morgan fingerprint density at radius 3 is 2.57 bits per heavy atom. The number of likely N-dealkylation sites (tertiary alicyclic amines) is 1. The van der Waals surface area contributed by atoms with Crippen molar-refractivity contribution in [3.8, 4) is 0 Å². The Bertz CT molecular complexity index is 782. The second-order valence-corrected chi connectivity index (χ2v) is 8.06. The Balaban J connectivity index is 0.00000320. The highest BCUT2D eigenvalue weighted by molar-refractivity contribution is 14.0. The molecule has 1 saturated heterocycles. The van der Waals surface area contributed by atoms with Gasteiger partial charge in [-0.05, 0) is 37.2 Å². The van der Waals surface area contributed by atoms with E-state index < -0.39 is 0 Å². The normalized spacial score (nSPS) is 16.6. The van der Waals surface area contributed by atoms with E-state index in [0.717, 1.165) is 45.2 Å². The summed E-state index contributed by atoms with van der Waals surface area (Å²) in [6.07, 6.45) is 1.15. The van der Waals surface area contributed by atoms with Gasteiger partial charge in [0.05, 0.1) is 13.2 Å². The average molecular weight is 522 g/mol. The van der Waals surface area contributed by atoms with Crippen molar-refractivity contribution in [3.63, 3.8) is 0 Å². The van der Waals surface area contributed by atoms with Crippen molar-refractivity contribution >= 4 is 29.9 Å². The first-order chi connectivity index (χ1) is 14.1. The van der Waals surface area contributed by atoms with Gasteiger partial charge in [0.2, 0.25) is 0 Å². The lowest BCUT2D eigenvalue weighted by molar-refractivity contribution is 0.0906. The number of hydrogen-bond donors (Lipinski definition) is 1. The maximum atomic E-state index is 5.95. The van der Waals surface area contributed by atoms with Crippen LogP contribution < -0.4 is 5.32 Å². The molecule has 0 aliphatic carbocycles. The van der Waals surface area contributed by atoms with E-state index in [9.17, 15) is 0 Å². The summed E-state index contributed by atoms with van der Waals surface area (Å²) in [6, 6.07) is 19.1. The maximum Gasteiger partial charge on any atom is 0.193 e. The number of guanidine groups is 1. The molecule has 1 N–H and O–H groups in total. The molecule has 1 aliphatic heterocycles. The lowest BCUT2D eigenvalue weighted by Crippen LogP contribution is -2.39. The molecule has 3 rings (SSSR count). The van der Waals surface area contributed by atoms with Crippen LogP contribution in [0.1, 0.15) is 23.1 Å². The van der Waals surface area contributed by atoms with Gasteiger partial charge in [0.1, 0.15) is 0 Å². The predicted molar refractivity (Wildman–Crippen MR) is 135 cm³/mol. The molecular formula is C24H35IN4O. The van der Waals surface area contributed by atoms with Gasteiger partial charge < -0.3 is 19.9 Å². The van der Waals surface area contributed by atoms with E-state index in [1.807, 2.05) is 13.1 Å². The first-order valence-electron chi connectivity index (χ1n) is 10.4. The molecule has 30 heavy (non-hydrogen) atoms. The fraction of sp³-hybridized carbons (Fsp3) is 0.458. The second kappa shape index (κ2) is 12.9. The molecule has 164 valence electrons. The Kier molecular flexibility index (Phi) is 10.6. The molecular weight excluding hydrogens is 487 g/mol. The molecule has 1 heterocycles. The number of nitrogens with zero attached hydrogens (tertiary/aromatic N) is 3. The zero-order valence-corrected chi connectivity index (χ0v) is 20.7. The number of rotatable bonds is 8. The van der Waals surface area contributed by atoms with Crippen LogP contribution in [0.3, 0.4) is 0 Å². The first-order valence-corrected chi connectivity index (χ1v) is 10.4. The molecule has 0 spiro atoms. The van der Waals surface area contributed by atoms with Crippen LogP contribution in [-0.2, 0) is 24.4 Å². The van der Waals surface area contributed by atoms with Gasteiger partial charge in [-0.25, -0.2) is 0 Å². The van der Waals surface area contributed by atoms with Gasteiger partial charge >= 0.3 is 0 Å². The highest BCUT2D eigenvalue weighted by Crippen LogP contribution is 2.17. The van der Waals surface area contributed by atoms with Crippen molar-refractivity contribution in [3.05, 3.63) is 71.3 Å². The molecule has 0 radical (unpaired) electrons. The number of benzene rings is 2. The average Bonchev–Trinajstić information content (AvgIpc) is 3.18. The van der Waals surface area contributed by atoms with E-state index in [4.69, 9.17) is 4.74 Å². The highest BCUT2D eigenvalue weighted by Gasteiger charge is 2.24. The molecule has 1 atom stereocenters. The summed E-state index contributed by atoms with van der Waals surface area (Å²) in [5, 5.41) is 3.53. The van der Waals surface area contributed by atoms with Gasteiger partial charge in [-0.1, -0.05) is 54.6 Å². The lowest BCUT2D eigenvalue weighted by atomic mass is 10.1. The Morgan fingerprint density at radius 1 is 1.10 bits per heavy atom. The number of nitrogens with one attached hydrogen (secondary N) is 1. The van der Waals surface area contributed by atoms with Gasteiger partial charge in [-0.15, -0.1) is 24.0 Å². The fourth-order valence-electron chi connectivity index (χ4n) is 3.80. The standard InChI is InChI=1S/C24H34N4O.HI/c1-25-24(26-15-21-10-7-11-22(14-21)16-27(2)3)28-13-12-23(17-28)19-29-18-20-8-5-4-6-9-20;/h4-11,14,23H,12-13,15-19H2,1-3H3,(H,25,26);1H. The lowest BCUT2D eigenvalue weighted by Gasteiger charge is -2.22. The van der Waals surface area contributed by atoms with Gasteiger partial charge in [0.15, 0.2) is 5.96 Å². The van der Waals surface area contributed by atoms with Gasteiger partial charge in [-0.3, -0.25) is 4.99 Å². The van der Waals surface area contributed by atoms with E-state index in [1.54, 1.807) is 0 Å². The Labute approximate surface area is 198 Å². The molecule has 0 amide bonds. The minimum absolute atomic E-state index is 0. The minimum atomic E-state index is 0. The third-order valence-corrected chi connectivity index (χ3v) is 5.20. The topological polar surface area (TPSA) is 40.1 Å². The molecule has 1 fully saturated rings. The molecule has 1 unspecified atom stereocenters. The van der Waals surface area contributed by atoms with Crippen molar-refractivity contribution in [1.82, 2.24) is 15.1 Å². The van der Waals surface area contributed by atoms with Crippen LogP contribution in [0.4, 0.5) is 0 Å². The number of aliphatic imine (C=N–C) groups is 1. The van der Waals surface area contributed by atoms with E-state index in [-0.39, 0.29) is 24.0 Å². The number of hydrogen-bond acceptors (Lipinski definition) is 3. The number of halogens is 1. The Morgan fingerprint density at radius 2 is 1.83 bits per heavy atom. The molecule has 0 aromatic heterocycles. The number of ether oxygens (including phenoxy) is 1. The van der Waals surface area contributed by atoms with Crippen LogP contribution in [0.25, 0.3) is 0 Å². The van der Waals surface area contributed by atoms with Crippen LogP contribution in [0.15, 0.2) is 59.6 Å². The van der Waals surface area contributed by atoms with E-state index in [2.05, 4.69) is 82.7 Å². The summed E-state index contributed by atoms with van der Waals surface area (Å²) in [6.45, 7) is 5.26.